The van der Waals surface area contributed by atoms with Gasteiger partial charge in [-0.2, -0.15) is 18.3 Å². The van der Waals surface area contributed by atoms with Crippen LogP contribution in [0.3, 0.4) is 0 Å². The summed E-state index contributed by atoms with van der Waals surface area (Å²) in [6.07, 6.45) is -5.35. The number of carbonyl (C=O) groups excluding carboxylic acids is 1. The molecule has 4 rings (SSSR count). The third-order valence-corrected chi connectivity index (χ3v) is 5.05. The third-order valence-electron chi connectivity index (χ3n) is 5.05. The van der Waals surface area contributed by atoms with E-state index in [0.29, 0.717) is 17.2 Å². The molecule has 1 amide bonds. The van der Waals surface area contributed by atoms with Crippen LogP contribution in [-0.2, 0) is 9.63 Å². The molecular formula is C19H19F3N4O3. The molecule has 3 heterocycles. The molecule has 0 N–H and O–H groups in total. The maximum atomic E-state index is 13.3. The highest BCUT2D eigenvalue weighted by Gasteiger charge is 2.47. The van der Waals surface area contributed by atoms with Crippen molar-refractivity contribution < 1.29 is 27.5 Å². The predicted molar refractivity (Wildman–Crippen MR) is 98.0 cm³/mol. The lowest BCUT2D eigenvalue weighted by Crippen LogP contribution is -2.47. The van der Waals surface area contributed by atoms with Crippen molar-refractivity contribution in [2.24, 2.45) is 5.16 Å². The molecule has 1 aromatic heterocycles. The maximum Gasteiger partial charge on any atom is 0.410 e. The van der Waals surface area contributed by atoms with Crippen molar-refractivity contribution in [1.82, 2.24) is 9.78 Å². The van der Waals surface area contributed by atoms with Crippen LogP contribution in [0.2, 0.25) is 0 Å². The number of amides is 1. The lowest BCUT2D eigenvalue weighted by Gasteiger charge is -2.34. The summed E-state index contributed by atoms with van der Waals surface area (Å²) in [6.45, 7) is 1.53. The Bertz CT molecular complexity index is 953. The van der Waals surface area contributed by atoms with Crippen LogP contribution >= 0.6 is 0 Å². The summed E-state index contributed by atoms with van der Waals surface area (Å²) in [7, 11) is 1.56. The van der Waals surface area contributed by atoms with Crippen LogP contribution < -0.4 is 9.64 Å². The second kappa shape index (κ2) is 7.09. The first-order chi connectivity index (χ1) is 13.8. The van der Waals surface area contributed by atoms with E-state index < -0.39 is 24.2 Å². The van der Waals surface area contributed by atoms with Gasteiger partial charge >= 0.3 is 6.18 Å². The number of aryl methyl sites for hydroxylation is 1. The summed E-state index contributed by atoms with van der Waals surface area (Å²) in [5, 5.41) is 7.96. The number of rotatable bonds is 3. The number of hydrogen-bond donors (Lipinski definition) is 0. The first kappa shape index (κ1) is 19.3. The highest BCUT2D eigenvalue weighted by molar-refractivity contribution is 6.06. The molecule has 2 atom stereocenters. The van der Waals surface area contributed by atoms with Crippen LogP contribution in [0.4, 0.5) is 19.0 Å². The average Bonchev–Trinajstić information content (AvgIpc) is 3.32. The second-order valence-corrected chi connectivity index (χ2v) is 6.99. The van der Waals surface area contributed by atoms with Crippen LogP contribution in [0, 0.1) is 6.92 Å². The van der Waals surface area contributed by atoms with E-state index in [9.17, 15) is 18.0 Å². The number of aromatic nitrogens is 2. The molecule has 10 heteroatoms. The van der Waals surface area contributed by atoms with Crippen LogP contribution in [0.15, 0.2) is 35.5 Å². The van der Waals surface area contributed by atoms with E-state index >= 15 is 0 Å². The lowest BCUT2D eigenvalue weighted by atomic mass is 10.0. The Labute approximate surface area is 164 Å². The van der Waals surface area contributed by atoms with Gasteiger partial charge in [0.2, 0.25) is 6.10 Å². The monoisotopic (exact) mass is 408 g/mol. The highest BCUT2D eigenvalue weighted by Crippen LogP contribution is 2.40. The molecule has 154 valence electrons. The van der Waals surface area contributed by atoms with Gasteiger partial charge in [0.15, 0.2) is 6.04 Å². The minimum Gasteiger partial charge on any atom is -0.497 e. The molecule has 7 nitrogen and oxygen atoms in total. The van der Waals surface area contributed by atoms with E-state index in [4.69, 9.17) is 9.57 Å². The molecule has 0 saturated carbocycles. The number of hydrogen-bond acceptors (Lipinski definition) is 5. The Morgan fingerprint density at radius 3 is 2.66 bits per heavy atom. The number of benzene rings is 1. The first-order valence-electron chi connectivity index (χ1n) is 9.09. The molecule has 0 spiro atoms. The fraction of sp³-hybridized carbons (Fsp3) is 0.421. The second-order valence-electron chi connectivity index (χ2n) is 6.99. The zero-order valence-electron chi connectivity index (χ0n) is 15.8. The van der Waals surface area contributed by atoms with E-state index in [2.05, 4.69) is 10.3 Å². The number of nitrogens with zero attached hydrogens (tertiary/aromatic N) is 4. The van der Waals surface area contributed by atoms with Gasteiger partial charge in [-0.25, -0.2) is 4.68 Å². The number of carbonyl (C=O) groups is 1. The molecule has 0 radical (unpaired) electrons. The normalized spacial score (nSPS) is 21.4. The fourth-order valence-corrected chi connectivity index (χ4v) is 3.59. The third kappa shape index (κ3) is 3.54. The molecule has 0 fully saturated rings. The minimum absolute atomic E-state index is 0.0636. The Kier molecular flexibility index (Phi) is 4.71. The molecule has 0 bridgehead atoms. The van der Waals surface area contributed by atoms with Gasteiger partial charge in [0.25, 0.3) is 5.91 Å². The predicted octanol–water partition coefficient (Wildman–Crippen LogP) is 3.23. The Morgan fingerprint density at radius 2 is 2.00 bits per heavy atom. The molecule has 0 aliphatic carbocycles. The summed E-state index contributed by atoms with van der Waals surface area (Å²) in [4.78, 5) is 19.6. The molecule has 2 aromatic rings. The van der Waals surface area contributed by atoms with Crippen LogP contribution in [0.5, 0.6) is 5.75 Å². The number of anilines is 1. The zero-order valence-corrected chi connectivity index (χ0v) is 15.8. The molecule has 2 aliphatic heterocycles. The summed E-state index contributed by atoms with van der Waals surface area (Å²) in [5.74, 6) is 0.388. The van der Waals surface area contributed by atoms with Gasteiger partial charge in [-0.15, -0.1) is 0 Å². The highest BCUT2D eigenvalue weighted by atomic mass is 19.4. The maximum absolute atomic E-state index is 13.3. The van der Waals surface area contributed by atoms with E-state index in [1.807, 2.05) is 0 Å². The minimum atomic E-state index is -4.43. The SMILES string of the molecule is COc1ccc(C2=NOC(C(=O)N3CCC(C(F)(F)F)n4nc(C)cc43)C2)cc1. The van der Waals surface area contributed by atoms with Crippen molar-refractivity contribution in [3.63, 3.8) is 0 Å². The molecule has 29 heavy (non-hydrogen) atoms. The van der Waals surface area contributed by atoms with Crippen molar-refractivity contribution in [2.75, 3.05) is 18.6 Å². The molecule has 2 aliphatic rings. The van der Waals surface area contributed by atoms with Gasteiger partial charge in [-0.1, -0.05) is 5.16 Å². The molecule has 2 unspecified atom stereocenters. The standard InChI is InChI=1S/C19H19F3N4O3/c1-11-9-17-25(8-7-16(19(20,21)22)26(17)23-11)18(27)15-10-14(24-29-15)12-3-5-13(28-2)6-4-12/h3-6,9,15-16H,7-8,10H2,1-2H3. The van der Waals surface area contributed by atoms with Gasteiger partial charge in [-0.3, -0.25) is 9.69 Å². The summed E-state index contributed by atoms with van der Waals surface area (Å²) in [6, 6.07) is 6.90. The summed E-state index contributed by atoms with van der Waals surface area (Å²) in [5.41, 5.74) is 1.80. The lowest BCUT2D eigenvalue weighted by molar-refractivity contribution is -0.173. The smallest absolute Gasteiger partial charge is 0.410 e. The Hall–Kier alpha value is -3.04. The Morgan fingerprint density at radius 1 is 1.28 bits per heavy atom. The quantitative estimate of drug-likeness (QED) is 0.782. The van der Waals surface area contributed by atoms with Crippen molar-refractivity contribution in [3.8, 4) is 5.75 Å². The number of oxime groups is 1. The summed E-state index contributed by atoms with van der Waals surface area (Å²) < 4.78 is 46.0. The van der Waals surface area contributed by atoms with Gasteiger partial charge in [-0.05, 0) is 43.2 Å². The van der Waals surface area contributed by atoms with Gasteiger partial charge in [0, 0.05) is 19.0 Å². The van der Waals surface area contributed by atoms with Crippen LogP contribution in [0.1, 0.15) is 30.1 Å². The van der Waals surface area contributed by atoms with E-state index in [1.54, 1.807) is 38.3 Å². The first-order valence-corrected chi connectivity index (χ1v) is 9.09. The van der Waals surface area contributed by atoms with Crippen molar-refractivity contribution in [1.29, 1.82) is 0 Å². The van der Waals surface area contributed by atoms with Crippen molar-refractivity contribution in [3.05, 3.63) is 41.6 Å². The fourth-order valence-electron chi connectivity index (χ4n) is 3.59. The molecular weight excluding hydrogens is 389 g/mol. The van der Waals surface area contributed by atoms with Gasteiger partial charge in [0.1, 0.15) is 11.6 Å². The van der Waals surface area contributed by atoms with E-state index in [-0.39, 0.29) is 25.2 Å². The number of halogens is 3. The van der Waals surface area contributed by atoms with Crippen molar-refractivity contribution >= 4 is 17.4 Å². The van der Waals surface area contributed by atoms with Crippen LogP contribution in [-0.4, -0.2) is 47.3 Å². The van der Waals surface area contributed by atoms with E-state index in [0.717, 1.165) is 10.2 Å². The number of ether oxygens (including phenoxy) is 1. The average molecular weight is 408 g/mol. The molecule has 1 aromatic carbocycles. The number of fused-ring (bicyclic) bond motifs is 1. The van der Waals surface area contributed by atoms with Gasteiger partial charge < -0.3 is 9.57 Å². The number of alkyl halides is 3. The number of methoxy groups -OCH3 is 1. The van der Waals surface area contributed by atoms with Gasteiger partial charge in [0.05, 0.1) is 18.5 Å². The Balaban J connectivity index is 1.51. The van der Waals surface area contributed by atoms with Crippen molar-refractivity contribution in [2.45, 2.75) is 38.1 Å². The van der Waals surface area contributed by atoms with Crippen LogP contribution in [0.25, 0.3) is 0 Å². The van der Waals surface area contributed by atoms with E-state index in [1.165, 1.54) is 11.0 Å². The largest absolute Gasteiger partial charge is 0.497 e. The molecule has 0 saturated heterocycles. The zero-order chi connectivity index (χ0) is 20.8. The summed E-state index contributed by atoms with van der Waals surface area (Å²) >= 11 is 0. The topological polar surface area (TPSA) is 69.0 Å².